The van der Waals surface area contributed by atoms with Crippen LogP contribution in [0.3, 0.4) is 0 Å². The molecule has 0 fully saturated rings. The van der Waals surface area contributed by atoms with Crippen molar-refractivity contribution in [3.8, 4) is 0 Å². The highest BCUT2D eigenvalue weighted by Crippen LogP contribution is 2.13. The fourth-order valence-corrected chi connectivity index (χ4v) is 1.87. The first-order valence-electron chi connectivity index (χ1n) is 6.05. The highest BCUT2D eigenvalue weighted by Gasteiger charge is 2.20. The smallest absolute Gasteiger partial charge is 0.137 e. The van der Waals surface area contributed by atoms with Crippen molar-refractivity contribution >= 4 is 17.2 Å². The number of aromatic nitrogens is 2. The van der Waals surface area contributed by atoms with E-state index in [9.17, 15) is 5.11 Å². The van der Waals surface area contributed by atoms with Gasteiger partial charge in [0.15, 0.2) is 0 Å². The SMILES string of the molecule is CCC(C)(CO)NCc1cn2cc(Cl)ccc2n1. The maximum absolute atomic E-state index is 9.33. The van der Waals surface area contributed by atoms with E-state index in [1.54, 1.807) is 0 Å². The van der Waals surface area contributed by atoms with Gasteiger partial charge in [-0.1, -0.05) is 18.5 Å². The summed E-state index contributed by atoms with van der Waals surface area (Å²) in [4.78, 5) is 4.49. The summed E-state index contributed by atoms with van der Waals surface area (Å²) in [5, 5.41) is 13.4. The number of pyridine rings is 1. The summed E-state index contributed by atoms with van der Waals surface area (Å²) < 4.78 is 1.90. The van der Waals surface area contributed by atoms with Gasteiger partial charge in [0.2, 0.25) is 0 Å². The van der Waals surface area contributed by atoms with Crippen molar-refractivity contribution in [2.24, 2.45) is 0 Å². The third-order valence-corrected chi connectivity index (χ3v) is 3.51. The quantitative estimate of drug-likeness (QED) is 0.874. The lowest BCUT2D eigenvalue weighted by atomic mass is 10.0. The maximum atomic E-state index is 9.33. The summed E-state index contributed by atoms with van der Waals surface area (Å²) in [5.74, 6) is 0. The number of hydrogen-bond donors (Lipinski definition) is 2. The van der Waals surface area contributed by atoms with Crippen LogP contribution in [0.4, 0.5) is 0 Å². The first-order chi connectivity index (χ1) is 8.56. The molecule has 0 spiro atoms. The molecule has 2 N–H and O–H groups in total. The average molecular weight is 268 g/mol. The summed E-state index contributed by atoms with van der Waals surface area (Å²) in [5.41, 5.74) is 1.55. The summed E-state index contributed by atoms with van der Waals surface area (Å²) in [6.45, 7) is 4.79. The minimum absolute atomic E-state index is 0.114. The van der Waals surface area contributed by atoms with Crippen LogP contribution < -0.4 is 5.32 Å². The monoisotopic (exact) mass is 267 g/mol. The molecule has 0 bridgehead atoms. The maximum Gasteiger partial charge on any atom is 0.137 e. The van der Waals surface area contributed by atoms with Crippen LogP contribution >= 0.6 is 11.6 Å². The number of nitrogens with zero attached hydrogens (tertiary/aromatic N) is 2. The molecule has 0 aliphatic carbocycles. The number of nitrogens with one attached hydrogen (secondary N) is 1. The number of aliphatic hydroxyl groups excluding tert-OH is 1. The Hall–Kier alpha value is -1.10. The Morgan fingerprint density at radius 2 is 2.22 bits per heavy atom. The molecule has 0 aliphatic rings. The minimum Gasteiger partial charge on any atom is -0.394 e. The molecule has 5 heteroatoms. The lowest BCUT2D eigenvalue weighted by Crippen LogP contribution is -2.44. The Labute approximate surface area is 112 Å². The molecule has 0 radical (unpaired) electrons. The van der Waals surface area contributed by atoms with E-state index in [2.05, 4.69) is 10.3 Å². The average Bonchev–Trinajstić information content (AvgIpc) is 2.78. The summed E-state index contributed by atoms with van der Waals surface area (Å²) in [6, 6.07) is 3.71. The van der Waals surface area contributed by atoms with E-state index < -0.39 is 0 Å². The van der Waals surface area contributed by atoms with E-state index in [4.69, 9.17) is 11.6 Å². The number of rotatable bonds is 5. The fraction of sp³-hybridized carbons (Fsp3) is 0.462. The minimum atomic E-state index is -0.257. The van der Waals surface area contributed by atoms with Crippen LogP contribution in [0.25, 0.3) is 5.65 Å². The number of fused-ring (bicyclic) bond motifs is 1. The summed E-state index contributed by atoms with van der Waals surface area (Å²) in [6.07, 6.45) is 4.64. The molecule has 2 rings (SSSR count). The van der Waals surface area contributed by atoms with Crippen LogP contribution in [-0.4, -0.2) is 26.6 Å². The van der Waals surface area contributed by atoms with Crippen LogP contribution in [0.2, 0.25) is 5.02 Å². The molecule has 2 aromatic rings. The van der Waals surface area contributed by atoms with Crippen LogP contribution in [0.15, 0.2) is 24.5 Å². The summed E-state index contributed by atoms with van der Waals surface area (Å²) in [7, 11) is 0. The van der Waals surface area contributed by atoms with Gasteiger partial charge in [-0.2, -0.15) is 0 Å². The number of imidazole rings is 1. The third kappa shape index (κ3) is 2.83. The van der Waals surface area contributed by atoms with E-state index >= 15 is 0 Å². The van der Waals surface area contributed by atoms with Gasteiger partial charge in [0.05, 0.1) is 17.3 Å². The lowest BCUT2D eigenvalue weighted by Gasteiger charge is -2.26. The molecule has 1 unspecified atom stereocenters. The van der Waals surface area contributed by atoms with Crippen molar-refractivity contribution in [3.05, 3.63) is 35.2 Å². The Morgan fingerprint density at radius 3 is 2.89 bits per heavy atom. The predicted molar refractivity (Wildman–Crippen MR) is 72.8 cm³/mol. The molecular weight excluding hydrogens is 250 g/mol. The topological polar surface area (TPSA) is 49.6 Å². The largest absolute Gasteiger partial charge is 0.394 e. The normalized spacial score (nSPS) is 14.9. The fourth-order valence-electron chi connectivity index (χ4n) is 1.70. The molecular formula is C13H18ClN3O. The van der Waals surface area contributed by atoms with Crippen molar-refractivity contribution in [1.82, 2.24) is 14.7 Å². The molecule has 2 heterocycles. The zero-order valence-electron chi connectivity index (χ0n) is 10.7. The first kappa shape index (κ1) is 13.3. The van der Waals surface area contributed by atoms with E-state index in [-0.39, 0.29) is 12.1 Å². The van der Waals surface area contributed by atoms with Gasteiger partial charge in [0.25, 0.3) is 0 Å². The second-order valence-electron chi connectivity index (χ2n) is 4.77. The molecule has 0 amide bonds. The van der Waals surface area contributed by atoms with Crippen molar-refractivity contribution in [2.75, 3.05) is 6.61 Å². The van der Waals surface area contributed by atoms with Crippen LogP contribution in [0.1, 0.15) is 26.0 Å². The Kier molecular flexibility index (Phi) is 3.90. The van der Waals surface area contributed by atoms with Gasteiger partial charge in [-0.15, -0.1) is 0 Å². The van der Waals surface area contributed by atoms with Crippen molar-refractivity contribution < 1.29 is 5.11 Å². The number of halogens is 1. The van der Waals surface area contributed by atoms with E-state index in [1.807, 2.05) is 42.8 Å². The van der Waals surface area contributed by atoms with E-state index in [0.717, 1.165) is 17.8 Å². The number of hydrogen-bond acceptors (Lipinski definition) is 3. The van der Waals surface area contributed by atoms with Crippen LogP contribution in [0, 0.1) is 0 Å². The van der Waals surface area contributed by atoms with Gasteiger partial charge < -0.3 is 14.8 Å². The van der Waals surface area contributed by atoms with Gasteiger partial charge in [-0.05, 0) is 25.5 Å². The first-order valence-corrected chi connectivity index (χ1v) is 6.43. The van der Waals surface area contributed by atoms with Crippen molar-refractivity contribution in [2.45, 2.75) is 32.4 Å². The van der Waals surface area contributed by atoms with E-state index in [0.29, 0.717) is 11.6 Å². The third-order valence-electron chi connectivity index (χ3n) is 3.29. The highest BCUT2D eigenvalue weighted by atomic mass is 35.5. The van der Waals surface area contributed by atoms with Crippen LogP contribution in [0.5, 0.6) is 0 Å². The molecule has 4 nitrogen and oxygen atoms in total. The van der Waals surface area contributed by atoms with Gasteiger partial charge in [0, 0.05) is 24.5 Å². The molecule has 0 saturated carbocycles. The Balaban J connectivity index is 2.13. The molecule has 0 aliphatic heterocycles. The standard InChI is InChI=1S/C13H18ClN3O/c1-3-13(2,9-18)15-6-11-8-17-7-10(14)4-5-12(17)16-11/h4-5,7-8,15,18H,3,6,9H2,1-2H3. The lowest BCUT2D eigenvalue weighted by molar-refractivity contribution is 0.168. The molecule has 98 valence electrons. The second kappa shape index (κ2) is 5.26. The molecule has 0 saturated heterocycles. The van der Waals surface area contributed by atoms with Gasteiger partial charge in [-0.3, -0.25) is 0 Å². The highest BCUT2D eigenvalue weighted by molar-refractivity contribution is 6.30. The predicted octanol–water partition coefficient (Wildman–Crippen LogP) is 2.24. The second-order valence-corrected chi connectivity index (χ2v) is 5.21. The Bertz CT molecular complexity index is 534. The van der Waals surface area contributed by atoms with Crippen molar-refractivity contribution in [1.29, 1.82) is 0 Å². The van der Waals surface area contributed by atoms with Crippen LogP contribution in [-0.2, 0) is 6.54 Å². The van der Waals surface area contributed by atoms with Gasteiger partial charge in [-0.25, -0.2) is 4.98 Å². The molecule has 0 aromatic carbocycles. The molecule has 18 heavy (non-hydrogen) atoms. The van der Waals surface area contributed by atoms with Gasteiger partial charge >= 0.3 is 0 Å². The molecule has 2 aromatic heterocycles. The summed E-state index contributed by atoms with van der Waals surface area (Å²) >= 11 is 5.93. The Morgan fingerprint density at radius 1 is 1.44 bits per heavy atom. The zero-order chi connectivity index (χ0) is 13.2. The zero-order valence-corrected chi connectivity index (χ0v) is 11.4. The molecule has 1 atom stereocenters. The van der Waals surface area contributed by atoms with Gasteiger partial charge in [0.1, 0.15) is 5.65 Å². The van der Waals surface area contributed by atoms with E-state index in [1.165, 1.54) is 0 Å². The number of aliphatic hydroxyl groups is 1. The van der Waals surface area contributed by atoms with Crippen molar-refractivity contribution in [3.63, 3.8) is 0 Å².